The molecular formula is C8H12F3N3OS. The summed E-state index contributed by atoms with van der Waals surface area (Å²) in [6, 6.07) is 0. The number of hydrogen-bond acceptors (Lipinski definition) is 5. The number of aromatic nitrogens is 2. The summed E-state index contributed by atoms with van der Waals surface area (Å²) >= 11 is 1.27. The first kappa shape index (κ1) is 13.3. The van der Waals surface area contributed by atoms with E-state index in [1.165, 1.54) is 11.3 Å². The van der Waals surface area contributed by atoms with Crippen molar-refractivity contribution in [2.24, 2.45) is 0 Å². The van der Waals surface area contributed by atoms with E-state index in [4.69, 9.17) is 0 Å². The number of likely N-dealkylation sites (N-methyl/N-ethyl adjacent to an activating group) is 1. The standard InChI is InChI=1S/C8H12F3N3OS/c1-12-3-2-6-13-14-7(16-6)4-15-5-8(9,10)11/h12H,2-5H2,1H3. The normalized spacial score (nSPS) is 12.0. The SMILES string of the molecule is CNCCc1nnc(COCC(F)(F)F)s1. The molecule has 1 heterocycles. The third-order valence-corrected chi connectivity index (χ3v) is 2.55. The zero-order chi connectivity index (χ0) is 12.0. The van der Waals surface area contributed by atoms with Gasteiger partial charge in [-0.3, -0.25) is 0 Å². The Hall–Kier alpha value is -0.730. The fraction of sp³-hybridized carbons (Fsp3) is 0.750. The van der Waals surface area contributed by atoms with Crippen molar-refractivity contribution >= 4 is 11.3 Å². The van der Waals surface area contributed by atoms with E-state index in [2.05, 4.69) is 20.3 Å². The topological polar surface area (TPSA) is 47.0 Å². The molecule has 8 heteroatoms. The number of ether oxygens (including phenoxy) is 1. The van der Waals surface area contributed by atoms with E-state index >= 15 is 0 Å². The lowest BCUT2D eigenvalue weighted by Gasteiger charge is -2.04. The van der Waals surface area contributed by atoms with Crippen LogP contribution in [-0.2, 0) is 17.8 Å². The van der Waals surface area contributed by atoms with Crippen molar-refractivity contribution in [2.75, 3.05) is 20.2 Å². The number of nitrogens with zero attached hydrogens (tertiary/aromatic N) is 2. The highest BCUT2D eigenvalue weighted by molar-refractivity contribution is 7.11. The largest absolute Gasteiger partial charge is 0.411 e. The molecule has 0 radical (unpaired) electrons. The van der Waals surface area contributed by atoms with E-state index in [1.807, 2.05) is 7.05 Å². The second-order valence-electron chi connectivity index (χ2n) is 3.05. The van der Waals surface area contributed by atoms with Gasteiger partial charge in [-0.15, -0.1) is 10.2 Å². The molecule has 0 saturated carbocycles. The average molecular weight is 255 g/mol. The molecule has 1 aromatic heterocycles. The van der Waals surface area contributed by atoms with E-state index in [-0.39, 0.29) is 6.61 Å². The van der Waals surface area contributed by atoms with Gasteiger partial charge in [0.2, 0.25) is 0 Å². The van der Waals surface area contributed by atoms with Gasteiger partial charge >= 0.3 is 6.18 Å². The van der Waals surface area contributed by atoms with Crippen LogP contribution >= 0.6 is 11.3 Å². The molecular weight excluding hydrogens is 243 g/mol. The molecule has 4 nitrogen and oxygen atoms in total. The van der Waals surface area contributed by atoms with Crippen LogP contribution in [0.15, 0.2) is 0 Å². The molecule has 1 rings (SSSR count). The smallest absolute Gasteiger partial charge is 0.365 e. The third-order valence-electron chi connectivity index (χ3n) is 1.59. The van der Waals surface area contributed by atoms with Gasteiger partial charge in [-0.1, -0.05) is 11.3 Å². The highest BCUT2D eigenvalue weighted by Gasteiger charge is 2.27. The van der Waals surface area contributed by atoms with Crippen molar-refractivity contribution in [1.29, 1.82) is 0 Å². The Morgan fingerprint density at radius 2 is 2.00 bits per heavy atom. The molecule has 16 heavy (non-hydrogen) atoms. The van der Waals surface area contributed by atoms with Crippen molar-refractivity contribution in [3.05, 3.63) is 10.0 Å². The lowest BCUT2D eigenvalue weighted by Crippen LogP contribution is -2.16. The van der Waals surface area contributed by atoms with Crippen molar-refractivity contribution in [3.8, 4) is 0 Å². The predicted molar refractivity (Wildman–Crippen MR) is 53.3 cm³/mol. The highest BCUT2D eigenvalue weighted by atomic mass is 32.1. The Morgan fingerprint density at radius 3 is 2.62 bits per heavy atom. The monoisotopic (exact) mass is 255 g/mol. The first-order valence-electron chi connectivity index (χ1n) is 4.61. The summed E-state index contributed by atoms with van der Waals surface area (Å²) in [5.74, 6) is 0. The second-order valence-corrected chi connectivity index (χ2v) is 4.20. The van der Waals surface area contributed by atoms with Crippen LogP contribution in [0.4, 0.5) is 13.2 Å². The van der Waals surface area contributed by atoms with Crippen molar-refractivity contribution in [2.45, 2.75) is 19.2 Å². The second kappa shape index (κ2) is 6.12. The number of halogens is 3. The van der Waals surface area contributed by atoms with E-state index < -0.39 is 12.8 Å². The molecule has 0 spiro atoms. The van der Waals surface area contributed by atoms with Crippen LogP contribution in [0, 0.1) is 0 Å². The van der Waals surface area contributed by atoms with E-state index in [0.29, 0.717) is 11.4 Å². The summed E-state index contributed by atoms with van der Waals surface area (Å²) in [7, 11) is 1.81. The van der Waals surface area contributed by atoms with Gasteiger partial charge in [0.1, 0.15) is 23.2 Å². The van der Waals surface area contributed by atoms with E-state index in [9.17, 15) is 13.2 Å². The summed E-state index contributed by atoms with van der Waals surface area (Å²) < 4.78 is 39.8. The maximum atomic E-state index is 11.8. The summed E-state index contributed by atoms with van der Waals surface area (Å²) in [4.78, 5) is 0. The molecule has 0 amide bonds. The Kier molecular flexibility index (Phi) is 5.10. The minimum atomic E-state index is -4.29. The van der Waals surface area contributed by atoms with E-state index in [1.54, 1.807) is 0 Å². The Balaban J connectivity index is 2.29. The lowest BCUT2D eigenvalue weighted by atomic mass is 10.4. The minimum Gasteiger partial charge on any atom is -0.365 e. The summed E-state index contributed by atoms with van der Waals surface area (Å²) in [6.07, 6.45) is -3.58. The maximum absolute atomic E-state index is 11.8. The molecule has 1 N–H and O–H groups in total. The quantitative estimate of drug-likeness (QED) is 0.834. The van der Waals surface area contributed by atoms with Gasteiger partial charge in [0.05, 0.1) is 0 Å². The minimum absolute atomic E-state index is 0.142. The summed E-state index contributed by atoms with van der Waals surface area (Å²) in [5.41, 5.74) is 0. The van der Waals surface area contributed by atoms with Gasteiger partial charge in [0.25, 0.3) is 0 Å². The van der Waals surface area contributed by atoms with Crippen LogP contribution in [0.1, 0.15) is 10.0 Å². The number of hydrogen-bond donors (Lipinski definition) is 1. The van der Waals surface area contributed by atoms with Crippen molar-refractivity contribution < 1.29 is 17.9 Å². The zero-order valence-electron chi connectivity index (χ0n) is 8.67. The van der Waals surface area contributed by atoms with Gasteiger partial charge in [0.15, 0.2) is 0 Å². The molecule has 0 fully saturated rings. The van der Waals surface area contributed by atoms with Gasteiger partial charge < -0.3 is 10.1 Å². The van der Waals surface area contributed by atoms with Crippen LogP contribution in [0.5, 0.6) is 0 Å². The first-order valence-corrected chi connectivity index (χ1v) is 5.43. The predicted octanol–water partition coefficient (Wildman–Crippen LogP) is 1.38. The molecule has 0 atom stereocenters. The van der Waals surface area contributed by atoms with Gasteiger partial charge in [-0.25, -0.2) is 0 Å². The first-order chi connectivity index (χ1) is 7.51. The highest BCUT2D eigenvalue weighted by Crippen LogP contribution is 2.17. The molecule has 92 valence electrons. The molecule has 0 unspecified atom stereocenters. The maximum Gasteiger partial charge on any atom is 0.411 e. The van der Waals surface area contributed by atoms with Crippen LogP contribution in [0.25, 0.3) is 0 Å². The number of rotatable bonds is 6. The number of alkyl halides is 3. The molecule has 0 aromatic carbocycles. The Bertz CT molecular complexity index is 316. The molecule has 1 aromatic rings. The lowest BCUT2D eigenvalue weighted by molar-refractivity contribution is -0.176. The molecule has 0 saturated heterocycles. The number of nitrogens with one attached hydrogen (secondary N) is 1. The molecule has 0 aliphatic carbocycles. The third kappa shape index (κ3) is 5.38. The zero-order valence-corrected chi connectivity index (χ0v) is 9.49. The summed E-state index contributed by atoms with van der Waals surface area (Å²) in [6.45, 7) is -0.632. The molecule has 0 aliphatic heterocycles. The average Bonchev–Trinajstić information content (AvgIpc) is 2.61. The van der Waals surface area contributed by atoms with Crippen LogP contribution in [0.3, 0.4) is 0 Å². The van der Waals surface area contributed by atoms with Crippen molar-refractivity contribution in [1.82, 2.24) is 15.5 Å². The van der Waals surface area contributed by atoms with Crippen LogP contribution in [-0.4, -0.2) is 36.6 Å². The van der Waals surface area contributed by atoms with Crippen LogP contribution in [0.2, 0.25) is 0 Å². The Morgan fingerprint density at radius 1 is 1.31 bits per heavy atom. The van der Waals surface area contributed by atoms with Gasteiger partial charge in [-0.05, 0) is 7.05 Å². The fourth-order valence-electron chi connectivity index (χ4n) is 0.934. The Labute approximate surface area is 94.8 Å². The molecule has 0 aliphatic rings. The summed E-state index contributed by atoms with van der Waals surface area (Å²) in [5, 5.41) is 11.8. The fourth-order valence-corrected chi connectivity index (χ4v) is 1.72. The molecule has 0 bridgehead atoms. The van der Waals surface area contributed by atoms with Gasteiger partial charge in [0, 0.05) is 13.0 Å². The van der Waals surface area contributed by atoms with Crippen molar-refractivity contribution in [3.63, 3.8) is 0 Å². The van der Waals surface area contributed by atoms with Gasteiger partial charge in [-0.2, -0.15) is 13.2 Å². The van der Waals surface area contributed by atoms with E-state index in [0.717, 1.165) is 11.6 Å². The van der Waals surface area contributed by atoms with Crippen LogP contribution < -0.4 is 5.32 Å².